The zero-order valence-corrected chi connectivity index (χ0v) is 46.1. The summed E-state index contributed by atoms with van der Waals surface area (Å²) in [5.74, 6) is 0. The molecule has 81 heavy (non-hydrogen) atoms. The van der Waals surface area contributed by atoms with Crippen LogP contribution in [0.3, 0.4) is 0 Å². The van der Waals surface area contributed by atoms with E-state index in [-0.39, 0.29) is 0 Å². The monoisotopic (exact) mass is 1040 g/mol. The second-order valence-corrected chi connectivity index (χ2v) is 20.0. The van der Waals surface area contributed by atoms with Crippen molar-refractivity contribution in [3.63, 3.8) is 0 Å². The lowest BCUT2D eigenvalue weighted by Crippen LogP contribution is -2.12. The van der Waals surface area contributed by atoms with Gasteiger partial charge in [-0.2, -0.15) is 0 Å². The van der Waals surface area contributed by atoms with Crippen molar-refractivity contribution >= 4 is 82.7 Å². The summed E-state index contributed by atoms with van der Waals surface area (Å²) in [6.07, 6.45) is 34.7. The maximum absolute atomic E-state index is 2.37. The van der Waals surface area contributed by atoms with Gasteiger partial charge in [0.25, 0.3) is 0 Å². The van der Waals surface area contributed by atoms with Crippen LogP contribution < -0.4 is 9.80 Å². The third kappa shape index (κ3) is 15.5. The van der Waals surface area contributed by atoms with E-state index >= 15 is 0 Å². The number of aryl methyl sites for hydroxylation is 2. The highest BCUT2D eigenvalue weighted by Crippen LogP contribution is 2.40. The summed E-state index contributed by atoms with van der Waals surface area (Å²) in [5, 5.41) is 0. The third-order valence-electron chi connectivity index (χ3n) is 14.0. The van der Waals surface area contributed by atoms with Gasteiger partial charge in [-0.25, -0.2) is 0 Å². The van der Waals surface area contributed by atoms with Crippen molar-refractivity contribution in [2.24, 2.45) is 0 Å². The average Bonchev–Trinajstić information content (AvgIpc) is 3.62. The van der Waals surface area contributed by atoms with Crippen LogP contribution in [0.2, 0.25) is 0 Å². The summed E-state index contributed by atoms with van der Waals surface area (Å²) in [6.45, 7) is 4.46. The molecule has 0 radical (unpaired) electrons. The van der Waals surface area contributed by atoms with Crippen LogP contribution in [0.1, 0.15) is 66.8 Å². The standard InChI is InChI=1S/C79H66N2/c1-62-59-72(47-57-78(62)80(74-49-39-68(40-50-74)35-19-15-31-64-23-7-3-8-24-64)75-51-41-69(42-52-75)36-20-16-32-65-25-9-4-10-26-65)61-73-48-58-79(63(2)60-73)81(76-53-43-70(44-54-76)37-21-17-33-66-27-11-5-12-28-66)77-55-45-71(46-56-77)38-22-18-34-67-29-13-6-14-30-67/h3-60H,61H2,1-2H3/b31-15+,32-16+,33-17+,34-18+,35-19+,36-20+,37-21+,38-22+. The normalized spacial score (nSPS) is 12.0. The average molecular weight is 1040 g/mol. The molecule has 0 heterocycles. The largest absolute Gasteiger partial charge is 0.310 e. The molecule has 0 atom stereocenters. The van der Waals surface area contributed by atoms with Crippen LogP contribution in [0.5, 0.6) is 0 Å². The molecule has 0 fully saturated rings. The van der Waals surface area contributed by atoms with Crippen LogP contribution in [0.4, 0.5) is 34.1 Å². The zero-order valence-electron chi connectivity index (χ0n) is 46.1. The van der Waals surface area contributed by atoms with Crippen LogP contribution in [0.25, 0.3) is 48.6 Å². The van der Waals surface area contributed by atoms with Gasteiger partial charge in [0.15, 0.2) is 0 Å². The van der Waals surface area contributed by atoms with Crippen molar-refractivity contribution in [1.29, 1.82) is 0 Å². The first-order chi connectivity index (χ1) is 40.0. The summed E-state index contributed by atoms with van der Waals surface area (Å²) >= 11 is 0. The smallest absolute Gasteiger partial charge is 0.0490 e. The molecule has 10 rings (SSSR count). The van der Waals surface area contributed by atoms with E-state index in [9.17, 15) is 0 Å². The lowest BCUT2D eigenvalue weighted by atomic mass is 9.98. The van der Waals surface area contributed by atoms with Crippen molar-refractivity contribution in [1.82, 2.24) is 0 Å². The van der Waals surface area contributed by atoms with Crippen LogP contribution in [-0.4, -0.2) is 0 Å². The SMILES string of the molecule is Cc1cc(Cc2ccc(N(c3ccc(/C=C/C=C/c4ccccc4)cc3)c3ccc(/C=C/C=C/c4ccccc4)cc3)c(C)c2)ccc1N(c1ccc(/C=C/C=C/c2ccccc2)cc1)c1ccc(/C=C/C=C/c2ccccc2)cc1. The minimum absolute atomic E-state index is 0.807. The molecule has 0 N–H and O–H groups in total. The lowest BCUT2D eigenvalue weighted by Gasteiger charge is -2.28. The summed E-state index contributed by atoms with van der Waals surface area (Å²) in [6, 6.07) is 90.7. The van der Waals surface area contributed by atoms with Gasteiger partial charge >= 0.3 is 0 Å². The molecule has 2 nitrogen and oxygen atoms in total. The second-order valence-electron chi connectivity index (χ2n) is 20.0. The summed E-state index contributed by atoms with van der Waals surface area (Å²) in [7, 11) is 0. The van der Waals surface area contributed by atoms with Gasteiger partial charge in [0.1, 0.15) is 0 Å². The molecule has 0 amide bonds. The predicted octanol–water partition coefficient (Wildman–Crippen LogP) is 21.7. The van der Waals surface area contributed by atoms with E-state index in [1.807, 2.05) is 24.3 Å². The van der Waals surface area contributed by atoms with Gasteiger partial charge < -0.3 is 9.80 Å². The fourth-order valence-corrected chi connectivity index (χ4v) is 9.77. The third-order valence-corrected chi connectivity index (χ3v) is 14.0. The summed E-state index contributed by atoms with van der Waals surface area (Å²) in [4.78, 5) is 4.74. The summed E-state index contributed by atoms with van der Waals surface area (Å²) < 4.78 is 0. The van der Waals surface area contributed by atoms with Crippen LogP contribution in [0.15, 0.2) is 303 Å². The first-order valence-electron chi connectivity index (χ1n) is 27.8. The maximum Gasteiger partial charge on any atom is 0.0490 e. The molecule has 0 spiro atoms. The Hall–Kier alpha value is -10.3. The highest BCUT2D eigenvalue weighted by molar-refractivity contribution is 5.82. The Morgan fingerprint density at radius 1 is 0.235 bits per heavy atom. The number of allylic oxidation sites excluding steroid dienone is 8. The minimum atomic E-state index is 0.807. The zero-order chi connectivity index (χ0) is 55.3. The van der Waals surface area contributed by atoms with E-state index in [1.54, 1.807) is 0 Å². The molecule has 10 aromatic rings. The number of nitrogens with zero attached hydrogens (tertiary/aromatic N) is 2. The van der Waals surface area contributed by atoms with Gasteiger partial charge in [0.05, 0.1) is 0 Å². The molecule has 0 bridgehead atoms. The molecule has 392 valence electrons. The summed E-state index contributed by atoms with van der Waals surface area (Å²) in [5.41, 5.74) is 20.9. The molecule has 0 aliphatic carbocycles. The van der Waals surface area contributed by atoms with Crippen molar-refractivity contribution in [3.05, 3.63) is 370 Å². The fraction of sp³-hybridized carbons (Fsp3) is 0.0380. The topological polar surface area (TPSA) is 6.48 Å². The van der Waals surface area contributed by atoms with Gasteiger partial charge in [-0.3, -0.25) is 0 Å². The van der Waals surface area contributed by atoms with Gasteiger partial charge in [-0.15, -0.1) is 0 Å². The highest BCUT2D eigenvalue weighted by Gasteiger charge is 2.18. The van der Waals surface area contributed by atoms with Gasteiger partial charge in [0.2, 0.25) is 0 Å². The van der Waals surface area contributed by atoms with Crippen LogP contribution in [-0.2, 0) is 6.42 Å². The van der Waals surface area contributed by atoms with Crippen molar-refractivity contribution < 1.29 is 0 Å². The van der Waals surface area contributed by atoms with E-state index in [0.29, 0.717) is 0 Å². The second kappa shape index (κ2) is 27.9. The minimum Gasteiger partial charge on any atom is -0.310 e. The Balaban J connectivity index is 0.895. The first kappa shape index (κ1) is 54.1. The molecule has 0 aliphatic heterocycles. The van der Waals surface area contributed by atoms with Crippen LogP contribution in [0, 0.1) is 13.8 Å². The molecule has 0 aliphatic rings. The van der Waals surface area contributed by atoms with E-state index in [0.717, 1.165) is 62.8 Å². The molecular formula is C79H66N2. The molecule has 0 saturated carbocycles. The van der Waals surface area contributed by atoms with E-state index < -0.39 is 0 Å². The Bertz CT molecular complexity index is 3380. The van der Waals surface area contributed by atoms with E-state index in [2.05, 4.69) is 351 Å². The fourth-order valence-electron chi connectivity index (χ4n) is 9.77. The molecular weight excluding hydrogens is 977 g/mol. The Morgan fingerprint density at radius 2 is 0.444 bits per heavy atom. The number of hydrogen-bond acceptors (Lipinski definition) is 2. The van der Waals surface area contributed by atoms with Gasteiger partial charge in [-0.05, 0) is 148 Å². The maximum atomic E-state index is 2.37. The lowest BCUT2D eigenvalue weighted by molar-refractivity contribution is 1.15. The molecule has 0 saturated heterocycles. The number of hydrogen-bond donors (Lipinski definition) is 0. The van der Waals surface area contributed by atoms with Crippen molar-refractivity contribution in [2.45, 2.75) is 20.3 Å². The number of rotatable bonds is 20. The Labute approximate surface area is 480 Å². The first-order valence-corrected chi connectivity index (χ1v) is 27.8. The predicted molar refractivity (Wildman–Crippen MR) is 353 cm³/mol. The van der Waals surface area contributed by atoms with Gasteiger partial charge in [0, 0.05) is 34.1 Å². The Kier molecular flexibility index (Phi) is 18.6. The highest BCUT2D eigenvalue weighted by atomic mass is 15.1. The molecule has 0 unspecified atom stereocenters. The number of anilines is 6. The van der Waals surface area contributed by atoms with Crippen molar-refractivity contribution in [2.75, 3.05) is 9.80 Å². The molecule has 2 heteroatoms. The van der Waals surface area contributed by atoms with E-state index in [4.69, 9.17) is 0 Å². The van der Waals surface area contributed by atoms with E-state index in [1.165, 1.54) is 44.5 Å². The van der Waals surface area contributed by atoms with Crippen LogP contribution >= 0.6 is 0 Å². The Morgan fingerprint density at radius 3 is 0.654 bits per heavy atom. The van der Waals surface area contributed by atoms with Gasteiger partial charge in [-0.1, -0.05) is 291 Å². The molecule has 10 aromatic carbocycles. The number of benzene rings is 10. The quantitative estimate of drug-likeness (QED) is 0.0702. The van der Waals surface area contributed by atoms with Crippen molar-refractivity contribution in [3.8, 4) is 0 Å². The molecule has 0 aromatic heterocycles.